The smallest absolute Gasteiger partial charge is 0.123 e. The Morgan fingerprint density at radius 1 is 1.33 bits per heavy atom. The molecule has 1 aromatic carbocycles. The standard InChI is InChI=1S/C18H29FN2/c1-4-18(5-2)10-12-21(14-18)11-9-17(20-3)15-7-6-8-16(19)13-15/h6-8,13,17,20H,4-5,9-12,14H2,1-3H3. The number of likely N-dealkylation sites (tertiary alicyclic amines) is 1. The minimum atomic E-state index is -0.148. The van der Waals surface area contributed by atoms with Crippen molar-refractivity contribution >= 4 is 0 Å². The van der Waals surface area contributed by atoms with E-state index in [1.165, 1.54) is 38.4 Å². The van der Waals surface area contributed by atoms with Crippen molar-refractivity contribution in [2.24, 2.45) is 5.41 Å². The van der Waals surface area contributed by atoms with Gasteiger partial charge in [0, 0.05) is 12.6 Å². The molecular formula is C18H29FN2. The maximum atomic E-state index is 13.4. The molecule has 1 N–H and O–H groups in total. The van der Waals surface area contributed by atoms with E-state index in [0.29, 0.717) is 5.41 Å². The highest BCUT2D eigenvalue weighted by atomic mass is 19.1. The van der Waals surface area contributed by atoms with Crippen LogP contribution in [0, 0.1) is 11.2 Å². The van der Waals surface area contributed by atoms with Crippen LogP contribution in [0.15, 0.2) is 24.3 Å². The van der Waals surface area contributed by atoms with Gasteiger partial charge in [-0.2, -0.15) is 0 Å². The number of halogens is 1. The van der Waals surface area contributed by atoms with Gasteiger partial charge in [-0.25, -0.2) is 4.39 Å². The highest BCUT2D eigenvalue weighted by Gasteiger charge is 2.34. The van der Waals surface area contributed by atoms with E-state index in [4.69, 9.17) is 0 Å². The van der Waals surface area contributed by atoms with Gasteiger partial charge in [0.25, 0.3) is 0 Å². The van der Waals surface area contributed by atoms with Crippen LogP contribution in [0.3, 0.4) is 0 Å². The van der Waals surface area contributed by atoms with Crippen LogP contribution < -0.4 is 5.32 Å². The molecule has 1 unspecified atom stereocenters. The number of rotatable bonds is 7. The summed E-state index contributed by atoms with van der Waals surface area (Å²) in [5.41, 5.74) is 1.59. The quantitative estimate of drug-likeness (QED) is 0.817. The monoisotopic (exact) mass is 292 g/mol. The molecule has 1 saturated heterocycles. The predicted octanol–water partition coefficient (Wildman–Crippen LogP) is 3.99. The summed E-state index contributed by atoms with van der Waals surface area (Å²) in [6.07, 6.45) is 4.91. The van der Waals surface area contributed by atoms with Crippen molar-refractivity contribution in [2.75, 3.05) is 26.7 Å². The molecule has 1 heterocycles. The van der Waals surface area contributed by atoms with Gasteiger partial charge in [0.05, 0.1) is 0 Å². The molecule has 2 nitrogen and oxygen atoms in total. The van der Waals surface area contributed by atoms with Gasteiger partial charge in [-0.3, -0.25) is 0 Å². The fraction of sp³-hybridized carbons (Fsp3) is 0.667. The zero-order valence-electron chi connectivity index (χ0n) is 13.7. The maximum absolute atomic E-state index is 13.4. The molecule has 1 aliphatic rings. The first-order valence-corrected chi connectivity index (χ1v) is 8.27. The molecule has 2 rings (SSSR count). The van der Waals surface area contributed by atoms with E-state index >= 15 is 0 Å². The minimum absolute atomic E-state index is 0.148. The van der Waals surface area contributed by atoms with Gasteiger partial charge in [0.1, 0.15) is 5.82 Å². The van der Waals surface area contributed by atoms with Crippen molar-refractivity contribution in [1.82, 2.24) is 10.2 Å². The molecule has 0 spiro atoms. The van der Waals surface area contributed by atoms with Crippen LogP contribution >= 0.6 is 0 Å². The van der Waals surface area contributed by atoms with Crippen LogP contribution in [0.1, 0.15) is 51.1 Å². The molecular weight excluding hydrogens is 263 g/mol. The summed E-state index contributed by atoms with van der Waals surface area (Å²) < 4.78 is 13.4. The van der Waals surface area contributed by atoms with Crippen molar-refractivity contribution in [2.45, 2.75) is 45.6 Å². The largest absolute Gasteiger partial charge is 0.313 e. The van der Waals surface area contributed by atoms with Gasteiger partial charge < -0.3 is 10.2 Å². The van der Waals surface area contributed by atoms with E-state index in [1.807, 2.05) is 13.1 Å². The van der Waals surface area contributed by atoms with E-state index in [9.17, 15) is 4.39 Å². The molecule has 1 aliphatic heterocycles. The van der Waals surface area contributed by atoms with Crippen LogP contribution in [0.2, 0.25) is 0 Å². The van der Waals surface area contributed by atoms with Crippen molar-refractivity contribution in [3.8, 4) is 0 Å². The van der Waals surface area contributed by atoms with Crippen molar-refractivity contribution < 1.29 is 4.39 Å². The van der Waals surface area contributed by atoms with E-state index in [-0.39, 0.29) is 11.9 Å². The highest BCUT2D eigenvalue weighted by Crippen LogP contribution is 2.37. The Balaban J connectivity index is 1.90. The first-order chi connectivity index (χ1) is 10.1. The van der Waals surface area contributed by atoms with E-state index in [2.05, 4.69) is 24.1 Å². The average molecular weight is 292 g/mol. The lowest BCUT2D eigenvalue weighted by Gasteiger charge is -2.27. The van der Waals surface area contributed by atoms with Crippen LogP contribution in [0.25, 0.3) is 0 Å². The number of benzene rings is 1. The zero-order valence-corrected chi connectivity index (χ0v) is 13.7. The Hall–Kier alpha value is -0.930. The van der Waals surface area contributed by atoms with E-state index in [0.717, 1.165) is 18.5 Å². The molecule has 118 valence electrons. The summed E-state index contributed by atoms with van der Waals surface area (Å²) in [5, 5.41) is 3.32. The Bertz CT molecular complexity index is 443. The van der Waals surface area contributed by atoms with Gasteiger partial charge in [-0.15, -0.1) is 0 Å². The summed E-state index contributed by atoms with van der Waals surface area (Å²) in [6.45, 7) is 8.15. The van der Waals surface area contributed by atoms with Crippen molar-refractivity contribution in [1.29, 1.82) is 0 Å². The number of hydrogen-bond donors (Lipinski definition) is 1. The molecule has 1 atom stereocenters. The van der Waals surface area contributed by atoms with Crippen LogP contribution in [0.5, 0.6) is 0 Å². The first-order valence-electron chi connectivity index (χ1n) is 8.27. The molecule has 0 amide bonds. The van der Waals surface area contributed by atoms with Gasteiger partial charge in [0.2, 0.25) is 0 Å². The highest BCUT2D eigenvalue weighted by molar-refractivity contribution is 5.20. The topological polar surface area (TPSA) is 15.3 Å². The average Bonchev–Trinajstić information content (AvgIpc) is 2.92. The first kappa shape index (κ1) is 16.4. The number of hydrogen-bond acceptors (Lipinski definition) is 2. The van der Waals surface area contributed by atoms with E-state index < -0.39 is 0 Å². The fourth-order valence-electron chi connectivity index (χ4n) is 3.56. The van der Waals surface area contributed by atoms with Gasteiger partial charge in [-0.1, -0.05) is 26.0 Å². The summed E-state index contributed by atoms with van der Waals surface area (Å²) in [5.74, 6) is -0.148. The minimum Gasteiger partial charge on any atom is -0.313 e. The van der Waals surface area contributed by atoms with Gasteiger partial charge in [-0.05, 0) is 68.9 Å². The molecule has 0 aliphatic carbocycles. The lowest BCUT2D eigenvalue weighted by atomic mass is 9.82. The lowest BCUT2D eigenvalue weighted by Crippen LogP contribution is -2.29. The molecule has 0 aromatic heterocycles. The van der Waals surface area contributed by atoms with E-state index in [1.54, 1.807) is 12.1 Å². The molecule has 0 radical (unpaired) electrons. The normalized spacial score (nSPS) is 19.8. The third-order valence-corrected chi connectivity index (χ3v) is 5.35. The lowest BCUT2D eigenvalue weighted by molar-refractivity contribution is 0.234. The van der Waals surface area contributed by atoms with Crippen molar-refractivity contribution in [3.63, 3.8) is 0 Å². The van der Waals surface area contributed by atoms with Crippen molar-refractivity contribution in [3.05, 3.63) is 35.6 Å². The zero-order chi connectivity index (χ0) is 15.3. The second kappa shape index (κ2) is 7.37. The molecule has 1 aromatic rings. The third-order valence-electron chi connectivity index (χ3n) is 5.35. The molecule has 1 fully saturated rings. The summed E-state index contributed by atoms with van der Waals surface area (Å²) in [6, 6.07) is 7.20. The molecule has 0 bridgehead atoms. The van der Waals surface area contributed by atoms with Crippen LogP contribution in [0.4, 0.5) is 4.39 Å². The SMILES string of the molecule is CCC1(CC)CCN(CCC(NC)c2cccc(F)c2)C1. The van der Waals surface area contributed by atoms with Gasteiger partial charge >= 0.3 is 0 Å². The Morgan fingerprint density at radius 2 is 2.10 bits per heavy atom. The molecule has 0 saturated carbocycles. The van der Waals surface area contributed by atoms with Gasteiger partial charge in [0.15, 0.2) is 0 Å². The van der Waals surface area contributed by atoms with Crippen LogP contribution in [-0.4, -0.2) is 31.6 Å². The Morgan fingerprint density at radius 3 is 2.67 bits per heavy atom. The number of nitrogens with zero attached hydrogens (tertiary/aromatic N) is 1. The number of nitrogens with one attached hydrogen (secondary N) is 1. The maximum Gasteiger partial charge on any atom is 0.123 e. The summed E-state index contributed by atoms with van der Waals surface area (Å²) in [4.78, 5) is 2.58. The molecule has 21 heavy (non-hydrogen) atoms. The predicted molar refractivity (Wildman–Crippen MR) is 86.9 cm³/mol. The van der Waals surface area contributed by atoms with Crippen LogP contribution in [-0.2, 0) is 0 Å². The Labute approximate surface area is 128 Å². The molecule has 3 heteroatoms. The summed E-state index contributed by atoms with van der Waals surface area (Å²) in [7, 11) is 1.96. The summed E-state index contributed by atoms with van der Waals surface area (Å²) >= 11 is 0. The fourth-order valence-corrected chi connectivity index (χ4v) is 3.56. The second-order valence-electron chi connectivity index (χ2n) is 6.42. The second-order valence-corrected chi connectivity index (χ2v) is 6.42. The Kier molecular flexibility index (Phi) is 5.77. The third kappa shape index (κ3) is 4.04.